The molecular formula is C15H17ClN4OS2. The number of carbonyl (C=O) groups is 1. The molecule has 0 radical (unpaired) electrons. The zero-order chi connectivity index (χ0) is 16.2. The predicted molar refractivity (Wildman–Crippen MR) is 98.2 cm³/mol. The summed E-state index contributed by atoms with van der Waals surface area (Å²) in [7, 11) is 0. The van der Waals surface area contributed by atoms with Crippen LogP contribution in [0.5, 0.6) is 0 Å². The second-order valence-electron chi connectivity index (χ2n) is 5.12. The lowest BCUT2D eigenvalue weighted by molar-refractivity contribution is 0.102. The number of aryl methyl sites for hydroxylation is 1. The molecule has 0 aliphatic carbocycles. The van der Waals surface area contributed by atoms with E-state index >= 15 is 0 Å². The fourth-order valence-electron chi connectivity index (χ4n) is 2.45. The lowest BCUT2D eigenvalue weighted by Gasteiger charge is -2.29. The molecule has 0 saturated carbocycles. The second-order valence-corrected chi connectivity index (χ2v) is 7.51. The molecule has 1 aromatic heterocycles. The third kappa shape index (κ3) is 3.79. The van der Waals surface area contributed by atoms with Gasteiger partial charge in [0, 0.05) is 30.3 Å². The van der Waals surface area contributed by atoms with E-state index in [0.717, 1.165) is 47.5 Å². The van der Waals surface area contributed by atoms with Crippen LogP contribution in [0.25, 0.3) is 0 Å². The number of halogens is 1. The van der Waals surface area contributed by atoms with Crippen molar-refractivity contribution in [1.29, 1.82) is 0 Å². The number of benzene rings is 1. The quantitative estimate of drug-likeness (QED) is 0.894. The van der Waals surface area contributed by atoms with Crippen molar-refractivity contribution in [2.45, 2.75) is 13.3 Å². The van der Waals surface area contributed by atoms with Crippen molar-refractivity contribution in [3.05, 3.63) is 33.8 Å². The summed E-state index contributed by atoms with van der Waals surface area (Å²) in [5.74, 6) is 2.05. The van der Waals surface area contributed by atoms with E-state index in [9.17, 15) is 4.79 Å². The number of aromatic nitrogens is 2. The largest absolute Gasteiger partial charge is 0.369 e. The minimum Gasteiger partial charge on any atom is -0.369 e. The van der Waals surface area contributed by atoms with Gasteiger partial charge in [0.2, 0.25) is 0 Å². The number of carbonyl (C=O) groups excluding carboxylic acids is 1. The SMILES string of the molecule is CCc1nnsc1C(=O)Nc1ccc(N2CCSCC2)c(Cl)c1. The fraction of sp³-hybridized carbons (Fsp3) is 0.400. The molecule has 0 atom stereocenters. The number of nitrogens with zero attached hydrogens (tertiary/aromatic N) is 3. The molecule has 23 heavy (non-hydrogen) atoms. The maximum Gasteiger partial charge on any atom is 0.269 e. The molecule has 1 amide bonds. The van der Waals surface area contributed by atoms with Crippen molar-refractivity contribution in [3.8, 4) is 0 Å². The summed E-state index contributed by atoms with van der Waals surface area (Å²) in [5.41, 5.74) is 2.44. The summed E-state index contributed by atoms with van der Waals surface area (Å²) in [5, 5.41) is 7.50. The van der Waals surface area contributed by atoms with E-state index in [1.165, 1.54) is 0 Å². The Morgan fingerprint density at radius 1 is 1.39 bits per heavy atom. The molecule has 1 fully saturated rings. The summed E-state index contributed by atoms with van der Waals surface area (Å²) in [6.07, 6.45) is 0.686. The van der Waals surface area contributed by atoms with Crippen LogP contribution in [0, 0.1) is 0 Å². The zero-order valence-corrected chi connectivity index (χ0v) is 15.1. The molecule has 2 aromatic rings. The number of rotatable bonds is 4. The van der Waals surface area contributed by atoms with Crippen LogP contribution in [0.1, 0.15) is 22.3 Å². The lowest BCUT2D eigenvalue weighted by Crippen LogP contribution is -2.32. The van der Waals surface area contributed by atoms with Gasteiger partial charge in [0.05, 0.1) is 16.4 Å². The van der Waals surface area contributed by atoms with Crippen LogP contribution in [0.3, 0.4) is 0 Å². The van der Waals surface area contributed by atoms with Crippen molar-refractivity contribution < 1.29 is 4.79 Å². The van der Waals surface area contributed by atoms with Crippen LogP contribution >= 0.6 is 34.9 Å². The van der Waals surface area contributed by atoms with Crippen molar-refractivity contribution >= 4 is 52.2 Å². The Hall–Kier alpha value is -1.31. The van der Waals surface area contributed by atoms with E-state index in [-0.39, 0.29) is 5.91 Å². The average molecular weight is 369 g/mol. The first-order valence-electron chi connectivity index (χ1n) is 7.44. The molecule has 3 rings (SSSR count). The molecule has 1 saturated heterocycles. The van der Waals surface area contributed by atoms with Crippen LogP contribution in [0.4, 0.5) is 11.4 Å². The molecule has 1 N–H and O–H groups in total. The normalized spacial score (nSPS) is 14.8. The Morgan fingerprint density at radius 3 is 2.87 bits per heavy atom. The van der Waals surface area contributed by atoms with Gasteiger partial charge in [-0.05, 0) is 36.2 Å². The monoisotopic (exact) mass is 368 g/mol. The standard InChI is InChI=1S/C15H17ClN4OS2/c1-2-12-14(23-19-18-12)15(21)17-10-3-4-13(11(16)9-10)20-5-7-22-8-6-20/h3-4,9H,2,5-8H2,1H3,(H,17,21). The van der Waals surface area contributed by atoms with Crippen LogP contribution < -0.4 is 10.2 Å². The van der Waals surface area contributed by atoms with Gasteiger partial charge in [0.1, 0.15) is 4.88 Å². The van der Waals surface area contributed by atoms with Crippen molar-refractivity contribution in [2.24, 2.45) is 0 Å². The van der Waals surface area contributed by atoms with Gasteiger partial charge in [-0.3, -0.25) is 4.79 Å². The molecule has 0 unspecified atom stereocenters. The molecule has 122 valence electrons. The highest BCUT2D eigenvalue weighted by molar-refractivity contribution is 7.99. The summed E-state index contributed by atoms with van der Waals surface area (Å²) < 4.78 is 3.84. The predicted octanol–water partition coefficient (Wildman–Crippen LogP) is 3.56. The molecule has 1 aliphatic heterocycles. The third-order valence-electron chi connectivity index (χ3n) is 3.65. The summed E-state index contributed by atoms with van der Waals surface area (Å²) >= 11 is 9.48. The Labute approximate surface area is 148 Å². The van der Waals surface area contributed by atoms with Gasteiger partial charge in [0.25, 0.3) is 5.91 Å². The van der Waals surface area contributed by atoms with Crippen molar-refractivity contribution in [2.75, 3.05) is 34.8 Å². The number of nitrogens with one attached hydrogen (secondary N) is 1. The van der Waals surface area contributed by atoms with Gasteiger partial charge in [-0.15, -0.1) is 5.10 Å². The van der Waals surface area contributed by atoms with E-state index in [2.05, 4.69) is 19.8 Å². The molecule has 1 aliphatic rings. The van der Waals surface area contributed by atoms with Crippen LogP contribution in [-0.2, 0) is 6.42 Å². The number of anilines is 2. The first-order chi connectivity index (χ1) is 11.2. The van der Waals surface area contributed by atoms with E-state index < -0.39 is 0 Å². The first kappa shape index (κ1) is 16.5. The van der Waals surface area contributed by atoms with Gasteiger partial charge in [0.15, 0.2) is 0 Å². The lowest BCUT2D eigenvalue weighted by atomic mass is 10.2. The van der Waals surface area contributed by atoms with Gasteiger partial charge < -0.3 is 10.2 Å². The molecule has 0 spiro atoms. The number of hydrogen-bond donors (Lipinski definition) is 1. The summed E-state index contributed by atoms with van der Waals surface area (Å²) in [4.78, 5) is 15.2. The van der Waals surface area contributed by atoms with Gasteiger partial charge in [-0.1, -0.05) is 23.0 Å². The Bertz CT molecular complexity index is 701. The van der Waals surface area contributed by atoms with E-state index in [4.69, 9.17) is 11.6 Å². The number of thioether (sulfide) groups is 1. The van der Waals surface area contributed by atoms with Gasteiger partial charge in [-0.25, -0.2) is 0 Å². The fourth-order valence-corrected chi connectivity index (χ4v) is 4.29. The van der Waals surface area contributed by atoms with Gasteiger partial charge in [-0.2, -0.15) is 11.8 Å². The average Bonchev–Trinajstić information content (AvgIpc) is 3.04. The highest BCUT2D eigenvalue weighted by Crippen LogP contribution is 2.30. The zero-order valence-electron chi connectivity index (χ0n) is 12.7. The van der Waals surface area contributed by atoms with Crippen LogP contribution in [0.2, 0.25) is 5.02 Å². The Balaban J connectivity index is 1.74. The highest BCUT2D eigenvalue weighted by atomic mass is 35.5. The maximum absolute atomic E-state index is 12.3. The number of amides is 1. The molecular weight excluding hydrogens is 352 g/mol. The Kier molecular flexibility index (Phi) is 5.40. The van der Waals surface area contributed by atoms with Gasteiger partial charge >= 0.3 is 0 Å². The Morgan fingerprint density at radius 2 is 2.17 bits per heavy atom. The molecule has 8 heteroatoms. The van der Waals surface area contributed by atoms with Crippen LogP contribution in [0.15, 0.2) is 18.2 Å². The van der Waals surface area contributed by atoms with E-state index in [1.54, 1.807) is 6.07 Å². The molecule has 2 heterocycles. The van der Waals surface area contributed by atoms with Crippen molar-refractivity contribution in [1.82, 2.24) is 9.59 Å². The summed E-state index contributed by atoms with van der Waals surface area (Å²) in [6, 6.07) is 5.66. The summed E-state index contributed by atoms with van der Waals surface area (Å²) in [6.45, 7) is 3.96. The van der Waals surface area contributed by atoms with E-state index in [0.29, 0.717) is 22.0 Å². The van der Waals surface area contributed by atoms with Crippen LogP contribution in [-0.4, -0.2) is 40.1 Å². The maximum atomic E-state index is 12.3. The van der Waals surface area contributed by atoms with Crippen molar-refractivity contribution in [3.63, 3.8) is 0 Å². The van der Waals surface area contributed by atoms with E-state index in [1.807, 2.05) is 30.8 Å². The second kappa shape index (κ2) is 7.51. The molecule has 0 bridgehead atoms. The molecule has 1 aromatic carbocycles. The minimum atomic E-state index is -0.185. The smallest absolute Gasteiger partial charge is 0.269 e. The highest BCUT2D eigenvalue weighted by Gasteiger charge is 2.17. The first-order valence-corrected chi connectivity index (χ1v) is 9.74. The third-order valence-corrected chi connectivity index (χ3v) is 5.67. The topological polar surface area (TPSA) is 58.1 Å². The molecule has 5 nitrogen and oxygen atoms in total. The minimum absolute atomic E-state index is 0.185. The number of hydrogen-bond acceptors (Lipinski definition) is 6.